The third-order valence-corrected chi connectivity index (χ3v) is 2.31. The molecular weight excluding hydrogens is 156 g/mol. The van der Waals surface area contributed by atoms with E-state index >= 15 is 0 Å². The lowest BCUT2D eigenvalue weighted by molar-refractivity contribution is 0.134. The van der Waals surface area contributed by atoms with E-state index in [0.717, 1.165) is 13.1 Å². The molecule has 0 unspecified atom stereocenters. The van der Waals surface area contributed by atoms with Gasteiger partial charge in [0.2, 0.25) is 0 Å². The summed E-state index contributed by atoms with van der Waals surface area (Å²) in [5.41, 5.74) is 4.83. The number of primary amides is 1. The van der Waals surface area contributed by atoms with Gasteiger partial charge in [-0.3, -0.25) is 4.90 Å². The van der Waals surface area contributed by atoms with E-state index in [0.29, 0.717) is 12.6 Å². The van der Waals surface area contributed by atoms with Gasteiger partial charge in [-0.2, -0.15) is 0 Å². The highest BCUT2D eigenvalue weighted by Crippen LogP contribution is 2.15. The molecule has 70 valence electrons. The summed E-state index contributed by atoms with van der Waals surface area (Å²) in [6.07, 6.45) is 1.82. The number of rotatable bonds is 3. The molecule has 1 heterocycles. The van der Waals surface area contributed by atoms with Crippen LogP contribution in [0.15, 0.2) is 0 Å². The second kappa shape index (κ2) is 4.30. The van der Waals surface area contributed by atoms with Crippen LogP contribution in [-0.4, -0.2) is 36.7 Å². The van der Waals surface area contributed by atoms with Gasteiger partial charge in [-0.15, -0.1) is 0 Å². The van der Waals surface area contributed by atoms with E-state index in [4.69, 9.17) is 5.73 Å². The SMILES string of the molecule is C[C@@H]1CCCN1CCOC(N)=O. The minimum Gasteiger partial charge on any atom is -0.448 e. The Hall–Kier alpha value is -0.770. The minimum atomic E-state index is -0.679. The first kappa shape index (κ1) is 9.32. The highest BCUT2D eigenvalue weighted by molar-refractivity contribution is 5.64. The number of amides is 1. The standard InChI is InChI=1S/C8H16N2O2/c1-7-3-2-4-10(7)5-6-12-8(9)11/h7H,2-6H2,1H3,(H2,9,11)/t7-/m1/s1. The zero-order chi connectivity index (χ0) is 8.97. The van der Waals surface area contributed by atoms with E-state index < -0.39 is 6.09 Å². The maximum atomic E-state index is 10.2. The molecule has 1 saturated heterocycles. The molecule has 2 N–H and O–H groups in total. The Morgan fingerprint density at radius 3 is 3.00 bits per heavy atom. The first-order valence-corrected chi connectivity index (χ1v) is 4.36. The number of nitrogens with zero attached hydrogens (tertiary/aromatic N) is 1. The number of likely N-dealkylation sites (tertiary alicyclic amines) is 1. The molecule has 1 amide bonds. The normalized spacial score (nSPS) is 24.2. The predicted octanol–water partition coefficient (Wildman–Crippen LogP) is 0.566. The lowest BCUT2D eigenvalue weighted by Gasteiger charge is -2.19. The van der Waals surface area contributed by atoms with Crippen LogP contribution in [0, 0.1) is 0 Å². The van der Waals surface area contributed by atoms with E-state index in [2.05, 4.69) is 16.6 Å². The van der Waals surface area contributed by atoms with Crippen molar-refractivity contribution in [3.63, 3.8) is 0 Å². The number of carbonyl (C=O) groups is 1. The van der Waals surface area contributed by atoms with Gasteiger partial charge in [0.15, 0.2) is 0 Å². The van der Waals surface area contributed by atoms with E-state index in [1.54, 1.807) is 0 Å². The van der Waals surface area contributed by atoms with E-state index in [1.165, 1.54) is 12.8 Å². The van der Waals surface area contributed by atoms with Gasteiger partial charge in [-0.1, -0.05) is 0 Å². The monoisotopic (exact) mass is 172 g/mol. The summed E-state index contributed by atoms with van der Waals surface area (Å²) >= 11 is 0. The molecule has 1 aliphatic heterocycles. The maximum absolute atomic E-state index is 10.2. The molecule has 1 atom stereocenters. The number of nitrogens with two attached hydrogens (primary N) is 1. The lowest BCUT2D eigenvalue weighted by Crippen LogP contribution is -2.31. The van der Waals surface area contributed by atoms with Crippen LogP contribution in [0.2, 0.25) is 0 Å². The Labute approximate surface area is 72.7 Å². The first-order chi connectivity index (χ1) is 5.70. The molecule has 1 aliphatic rings. The average molecular weight is 172 g/mol. The molecule has 1 rings (SSSR count). The molecule has 0 bridgehead atoms. The third kappa shape index (κ3) is 2.70. The molecule has 0 aromatic heterocycles. The lowest BCUT2D eigenvalue weighted by atomic mass is 10.2. The summed E-state index contributed by atoms with van der Waals surface area (Å²) in [6.45, 7) is 4.53. The van der Waals surface area contributed by atoms with E-state index in [9.17, 15) is 4.79 Å². The Kier molecular flexibility index (Phi) is 3.34. The van der Waals surface area contributed by atoms with Gasteiger partial charge in [0.05, 0.1) is 0 Å². The predicted molar refractivity (Wildman–Crippen MR) is 45.8 cm³/mol. The minimum absolute atomic E-state index is 0.416. The van der Waals surface area contributed by atoms with Crippen molar-refractivity contribution in [2.24, 2.45) is 5.73 Å². The zero-order valence-electron chi connectivity index (χ0n) is 7.45. The quantitative estimate of drug-likeness (QED) is 0.677. The smallest absolute Gasteiger partial charge is 0.404 e. The van der Waals surface area contributed by atoms with Crippen LogP contribution in [0.1, 0.15) is 19.8 Å². The second-order valence-electron chi connectivity index (χ2n) is 3.19. The molecule has 1 fully saturated rings. The summed E-state index contributed by atoms with van der Waals surface area (Å²) in [6, 6.07) is 0.626. The largest absolute Gasteiger partial charge is 0.448 e. The van der Waals surface area contributed by atoms with Crippen molar-refractivity contribution in [1.82, 2.24) is 4.90 Å². The molecule has 12 heavy (non-hydrogen) atoms. The van der Waals surface area contributed by atoms with Crippen LogP contribution < -0.4 is 5.73 Å². The Balaban J connectivity index is 2.10. The summed E-state index contributed by atoms with van der Waals surface area (Å²) in [5, 5.41) is 0. The molecule has 4 heteroatoms. The van der Waals surface area contributed by atoms with Crippen LogP contribution in [0.4, 0.5) is 4.79 Å². The maximum Gasteiger partial charge on any atom is 0.404 e. The summed E-state index contributed by atoms with van der Waals surface area (Å²) < 4.78 is 4.65. The molecule has 4 nitrogen and oxygen atoms in total. The molecule has 0 aromatic rings. The molecule has 0 saturated carbocycles. The van der Waals surface area contributed by atoms with Crippen molar-refractivity contribution < 1.29 is 9.53 Å². The zero-order valence-corrected chi connectivity index (χ0v) is 7.45. The molecule has 0 aliphatic carbocycles. The Morgan fingerprint density at radius 2 is 2.50 bits per heavy atom. The van der Waals surface area contributed by atoms with Crippen molar-refractivity contribution in [3.8, 4) is 0 Å². The summed E-state index contributed by atoms with van der Waals surface area (Å²) in [5.74, 6) is 0. The Bertz CT molecular complexity index is 161. The highest BCUT2D eigenvalue weighted by atomic mass is 16.5. The van der Waals surface area contributed by atoms with Gasteiger partial charge in [0, 0.05) is 12.6 Å². The second-order valence-corrected chi connectivity index (χ2v) is 3.19. The molecular formula is C8H16N2O2. The number of hydrogen-bond acceptors (Lipinski definition) is 3. The molecule has 0 aromatic carbocycles. The average Bonchev–Trinajstić information content (AvgIpc) is 2.36. The van der Waals surface area contributed by atoms with Crippen molar-refractivity contribution in [2.75, 3.05) is 19.7 Å². The van der Waals surface area contributed by atoms with Crippen LogP contribution >= 0.6 is 0 Å². The van der Waals surface area contributed by atoms with Crippen LogP contribution in [0.25, 0.3) is 0 Å². The van der Waals surface area contributed by atoms with E-state index in [-0.39, 0.29) is 0 Å². The van der Waals surface area contributed by atoms with E-state index in [1.807, 2.05) is 0 Å². The fourth-order valence-corrected chi connectivity index (χ4v) is 1.59. The fraction of sp³-hybridized carbons (Fsp3) is 0.875. The van der Waals surface area contributed by atoms with Gasteiger partial charge in [-0.25, -0.2) is 4.79 Å². The summed E-state index contributed by atoms with van der Waals surface area (Å²) in [7, 11) is 0. The van der Waals surface area contributed by atoms with Gasteiger partial charge < -0.3 is 10.5 Å². The van der Waals surface area contributed by atoms with Crippen molar-refractivity contribution >= 4 is 6.09 Å². The van der Waals surface area contributed by atoms with Crippen molar-refractivity contribution in [1.29, 1.82) is 0 Å². The number of ether oxygens (including phenoxy) is 1. The topological polar surface area (TPSA) is 55.6 Å². The highest BCUT2D eigenvalue weighted by Gasteiger charge is 2.19. The van der Waals surface area contributed by atoms with Crippen molar-refractivity contribution in [2.45, 2.75) is 25.8 Å². The number of carbonyl (C=O) groups excluding carboxylic acids is 1. The first-order valence-electron chi connectivity index (χ1n) is 4.36. The van der Waals surface area contributed by atoms with Crippen LogP contribution in [0.3, 0.4) is 0 Å². The van der Waals surface area contributed by atoms with Crippen LogP contribution in [0.5, 0.6) is 0 Å². The summed E-state index contributed by atoms with van der Waals surface area (Å²) in [4.78, 5) is 12.5. The van der Waals surface area contributed by atoms with Crippen LogP contribution in [-0.2, 0) is 4.74 Å². The number of hydrogen-bond donors (Lipinski definition) is 1. The molecule has 0 radical (unpaired) electrons. The van der Waals surface area contributed by atoms with Crippen molar-refractivity contribution in [3.05, 3.63) is 0 Å². The fourth-order valence-electron chi connectivity index (χ4n) is 1.59. The molecule has 0 spiro atoms. The Morgan fingerprint density at radius 1 is 1.75 bits per heavy atom. The van der Waals surface area contributed by atoms with Gasteiger partial charge in [-0.05, 0) is 26.3 Å². The third-order valence-electron chi connectivity index (χ3n) is 2.31. The van der Waals surface area contributed by atoms with Gasteiger partial charge >= 0.3 is 6.09 Å². The van der Waals surface area contributed by atoms with Gasteiger partial charge in [0.25, 0.3) is 0 Å². The van der Waals surface area contributed by atoms with Gasteiger partial charge in [0.1, 0.15) is 6.61 Å².